The highest BCUT2D eigenvalue weighted by atomic mass is 32.1. The van der Waals surface area contributed by atoms with Gasteiger partial charge in [0.05, 0.1) is 41.6 Å². The predicted octanol–water partition coefficient (Wildman–Crippen LogP) is 2.48. The first-order valence-corrected chi connectivity index (χ1v) is 14.6. The number of piperazine rings is 1. The summed E-state index contributed by atoms with van der Waals surface area (Å²) < 4.78 is 18.2. The van der Waals surface area contributed by atoms with Crippen LogP contribution in [0.2, 0.25) is 0 Å². The van der Waals surface area contributed by atoms with Crippen molar-refractivity contribution in [3.05, 3.63) is 88.6 Å². The molecule has 0 amide bonds. The number of esters is 1. The first-order valence-electron chi connectivity index (χ1n) is 13.8. The zero-order valence-electron chi connectivity index (χ0n) is 24.7. The Labute approximate surface area is 251 Å². The molecule has 1 fully saturated rings. The van der Waals surface area contributed by atoms with Crippen molar-refractivity contribution in [2.75, 3.05) is 59.0 Å². The van der Waals surface area contributed by atoms with Crippen LogP contribution in [-0.4, -0.2) is 74.4 Å². The van der Waals surface area contributed by atoms with Crippen molar-refractivity contribution in [1.29, 1.82) is 0 Å². The molecule has 0 radical (unpaired) electrons. The molecular formula is C30H33N5O7S. The molecule has 2 aliphatic rings. The number of fused-ring (bicyclic) bond motifs is 1. The lowest BCUT2D eigenvalue weighted by Gasteiger charge is -2.34. The molecule has 0 aliphatic carbocycles. The van der Waals surface area contributed by atoms with Crippen LogP contribution < -0.4 is 29.3 Å². The number of carbonyl (C=O) groups is 1. The Bertz CT molecular complexity index is 1790. The summed E-state index contributed by atoms with van der Waals surface area (Å²) in [7, 11) is 5.09. The third-order valence-corrected chi connectivity index (χ3v) is 8.59. The Morgan fingerprint density at radius 3 is 2.53 bits per heavy atom. The number of nitro groups is 1. The van der Waals surface area contributed by atoms with Gasteiger partial charge in [0.2, 0.25) is 0 Å². The summed E-state index contributed by atoms with van der Waals surface area (Å²) >= 11 is 1.16. The summed E-state index contributed by atoms with van der Waals surface area (Å²) in [5.41, 5.74) is 2.10. The van der Waals surface area contributed by atoms with Gasteiger partial charge in [-0.3, -0.25) is 19.5 Å². The van der Waals surface area contributed by atoms with Crippen LogP contribution >= 0.6 is 11.3 Å². The summed E-state index contributed by atoms with van der Waals surface area (Å²) in [4.78, 5) is 48.1. The third kappa shape index (κ3) is 5.77. The lowest BCUT2D eigenvalue weighted by atomic mass is 9.95. The number of non-ortho nitro benzene ring substituents is 1. The number of anilines is 1. The van der Waals surface area contributed by atoms with Crippen molar-refractivity contribution in [3.8, 4) is 11.5 Å². The SMILES string of the molecule is CCOC(=O)C1=C(C)N=c2sc(=Cc3cc([N+](=O)[O-])ccc3N3CCN(C)CC3)c(=O)n2C1c1ccc(OC)cc1OC. The van der Waals surface area contributed by atoms with E-state index >= 15 is 0 Å². The van der Waals surface area contributed by atoms with E-state index in [4.69, 9.17) is 14.2 Å². The Kier molecular flexibility index (Phi) is 8.64. The minimum Gasteiger partial charge on any atom is -0.497 e. The van der Waals surface area contributed by atoms with Gasteiger partial charge in [0, 0.05) is 61.2 Å². The highest BCUT2D eigenvalue weighted by Crippen LogP contribution is 2.37. The molecule has 1 atom stereocenters. The van der Waals surface area contributed by atoms with E-state index in [0.717, 1.165) is 43.2 Å². The minimum atomic E-state index is -0.888. The van der Waals surface area contributed by atoms with Crippen LogP contribution in [0.15, 0.2) is 57.5 Å². The molecule has 12 nitrogen and oxygen atoms in total. The summed E-state index contributed by atoms with van der Waals surface area (Å²) in [6.07, 6.45) is 1.68. The van der Waals surface area contributed by atoms with E-state index in [9.17, 15) is 19.7 Å². The molecule has 0 saturated carbocycles. The number of hydrogen-bond acceptors (Lipinski definition) is 11. The number of ether oxygens (including phenoxy) is 3. The molecule has 226 valence electrons. The Balaban J connectivity index is 1.73. The van der Waals surface area contributed by atoms with Crippen molar-refractivity contribution in [2.45, 2.75) is 19.9 Å². The van der Waals surface area contributed by atoms with Gasteiger partial charge in [-0.2, -0.15) is 0 Å². The smallest absolute Gasteiger partial charge is 0.338 e. The summed E-state index contributed by atoms with van der Waals surface area (Å²) in [6, 6.07) is 9.00. The van der Waals surface area contributed by atoms with Gasteiger partial charge in [-0.05, 0) is 45.2 Å². The maximum absolute atomic E-state index is 14.2. The number of likely N-dealkylation sites (N-methyl/N-ethyl adjacent to an activating group) is 1. The average Bonchev–Trinajstić information content (AvgIpc) is 3.30. The Morgan fingerprint density at radius 2 is 1.88 bits per heavy atom. The van der Waals surface area contributed by atoms with Crippen LogP contribution in [0.3, 0.4) is 0 Å². The van der Waals surface area contributed by atoms with Crippen LogP contribution in [0.25, 0.3) is 6.08 Å². The van der Waals surface area contributed by atoms with Gasteiger partial charge < -0.3 is 24.0 Å². The molecule has 0 N–H and O–H groups in total. The van der Waals surface area contributed by atoms with Crippen LogP contribution in [0.4, 0.5) is 11.4 Å². The largest absolute Gasteiger partial charge is 0.497 e. The second kappa shape index (κ2) is 12.4. The van der Waals surface area contributed by atoms with Gasteiger partial charge in [-0.15, -0.1) is 0 Å². The van der Waals surface area contributed by atoms with E-state index in [0.29, 0.717) is 37.7 Å². The zero-order valence-corrected chi connectivity index (χ0v) is 25.5. The second-order valence-electron chi connectivity index (χ2n) is 10.2. The van der Waals surface area contributed by atoms with E-state index in [2.05, 4.69) is 21.8 Å². The van der Waals surface area contributed by atoms with E-state index in [1.807, 2.05) is 0 Å². The molecule has 5 rings (SSSR count). The van der Waals surface area contributed by atoms with Gasteiger partial charge >= 0.3 is 5.97 Å². The molecule has 1 aromatic heterocycles. The maximum atomic E-state index is 14.2. The van der Waals surface area contributed by atoms with Crippen molar-refractivity contribution in [3.63, 3.8) is 0 Å². The number of hydrogen-bond donors (Lipinski definition) is 0. The third-order valence-electron chi connectivity index (χ3n) is 7.60. The molecule has 3 heterocycles. The molecule has 1 unspecified atom stereocenters. The molecule has 3 aromatic rings. The lowest BCUT2D eigenvalue weighted by molar-refractivity contribution is -0.384. The molecule has 0 bridgehead atoms. The first-order chi connectivity index (χ1) is 20.7. The van der Waals surface area contributed by atoms with Gasteiger partial charge in [0.25, 0.3) is 11.2 Å². The van der Waals surface area contributed by atoms with E-state index in [1.165, 1.54) is 30.9 Å². The minimum absolute atomic E-state index is 0.0711. The van der Waals surface area contributed by atoms with Crippen LogP contribution in [0, 0.1) is 10.1 Å². The summed E-state index contributed by atoms with van der Waals surface area (Å²) in [5.74, 6) is 0.386. The van der Waals surface area contributed by atoms with Gasteiger partial charge in [0.15, 0.2) is 4.80 Å². The Morgan fingerprint density at radius 1 is 1.14 bits per heavy atom. The van der Waals surface area contributed by atoms with Gasteiger partial charge in [-0.25, -0.2) is 9.79 Å². The van der Waals surface area contributed by atoms with Crippen molar-refractivity contribution < 1.29 is 23.9 Å². The highest BCUT2D eigenvalue weighted by molar-refractivity contribution is 7.07. The number of rotatable bonds is 8. The summed E-state index contributed by atoms with van der Waals surface area (Å²) in [5, 5.41) is 11.7. The highest BCUT2D eigenvalue weighted by Gasteiger charge is 2.35. The molecule has 2 aliphatic heterocycles. The Hall–Kier alpha value is -4.49. The standard InChI is InChI=1S/C30H33N5O7S/c1-6-42-29(37)26-18(2)31-30-34(27(26)22-9-8-21(40-4)17-24(22)41-5)28(36)25(43-30)16-19-15-20(35(38)39)7-10-23(19)33-13-11-32(3)12-14-33/h7-10,15-17,27H,6,11-14H2,1-5H3. The molecule has 13 heteroatoms. The molecular weight excluding hydrogens is 574 g/mol. The number of benzene rings is 2. The van der Waals surface area contributed by atoms with Gasteiger partial charge in [-0.1, -0.05) is 11.3 Å². The van der Waals surface area contributed by atoms with Gasteiger partial charge in [0.1, 0.15) is 17.5 Å². The average molecular weight is 608 g/mol. The van der Waals surface area contributed by atoms with Crippen molar-refractivity contribution in [2.24, 2.45) is 4.99 Å². The molecule has 0 spiro atoms. The van der Waals surface area contributed by atoms with E-state index in [1.54, 1.807) is 44.2 Å². The molecule has 1 saturated heterocycles. The normalized spacial score (nSPS) is 17.4. The van der Waals surface area contributed by atoms with Crippen LogP contribution in [0.5, 0.6) is 11.5 Å². The fourth-order valence-corrected chi connectivity index (χ4v) is 6.42. The monoisotopic (exact) mass is 607 g/mol. The molecule has 2 aromatic carbocycles. The zero-order chi connectivity index (χ0) is 30.8. The topological polar surface area (TPSA) is 129 Å². The number of allylic oxidation sites excluding steroid dienone is 1. The van der Waals surface area contributed by atoms with E-state index in [-0.39, 0.29) is 17.9 Å². The molecule has 43 heavy (non-hydrogen) atoms. The quantitative estimate of drug-likeness (QED) is 0.216. The number of methoxy groups -OCH3 is 2. The number of aromatic nitrogens is 1. The lowest BCUT2D eigenvalue weighted by Crippen LogP contribution is -2.44. The number of carbonyl (C=O) groups excluding carboxylic acids is 1. The second-order valence-corrected chi connectivity index (χ2v) is 11.2. The predicted molar refractivity (Wildman–Crippen MR) is 163 cm³/mol. The fourth-order valence-electron chi connectivity index (χ4n) is 5.38. The van der Waals surface area contributed by atoms with Crippen LogP contribution in [0.1, 0.15) is 31.0 Å². The fraction of sp³-hybridized carbons (Fsp3) is 0.367. The number of nitro benzene ring substituents is 1. The van der Waals surface area contributed by atoms with E-state index < -0.39 is 22.5 Å². The van der Waals surface area contributed by atoms with Crippen molar-refractivity contribution >= 4 is 34.8 Å². The number of thiazole rings is 1. The summed E-state index contributed by atoms with van der Waals surface area (Å²) in [6.45, 7) is 6.75. The number of nitrogens with zero attached hydrogens (tertiary/aromatic N) is 5. The van der Waals surface area contributed by atoms with Crippen molar-refractivity contribution in [1.82, 2.24) is 9.47 Å². The first kappa shape index (κ1) is 30.0. The van der Waals surface area contributed by atoms with Crippen LogP contribution in [-0.2, 0) is 9.53 Å². The maximum Gasteiger partial charge on any atom is 0.338 e.